The quantitative estimate of drug-likeness (QED) is 0.148. The van der Waals surface area contributed by atoms with Crippen molar-refractivity contribution in [3.05, 3.63) is 0 Å². The summed E-state index contributed by atoms with van der Waals surface area (Å²) >= 11 is 0. The third-order valence-electron chi connectivity index (χ3n) is 3.70. The van der Waals surface area contributed by atoms with Crippen molar-refractivity contribution in [3.8, 4) is 0 Å². The number of hydrogen-bond acceptors (Lipinski definition) is 4. The molecular weight excluding hydrogens is 535 g/mol. The summed E-state index contributed by atoms with van der Waals surface area (Å²) in [5.41, 5.74) is 0. The first kappa shape index (κ1) is 32.4. The lowest BCUT2D eigenvalue weighted by Gasteiger charge is -2.39. The first-order chi connectivity index (χ1) is 14.6. The van der Waals surface area contributed by atoms with E-state index in [4.69, 9.17) is 17.4 Å². The third-order valence-corrected chi connectivity index (χ3v) is 7.66. The molecule has 198 valence electrons. The Morgan fingerprint density at radius 3 is 1.27 bits per heavy atom. The van der Waals surface area contributed by atoms with Gasteiger partial charge >= 0.3 is 44.8 Å². The van der Waals surface area contributed by atoms with Crippen LogP contribution in [0.15, 0.2) is 0 Å². The molecule has 0 aromatic heterocycles. The molecule has 4 nitrogen and oxygen atoms in total. The van der Waals surface area contributed by atoms with Gasteiger partial charge in [0.05, 0.1) is 0 Å². The maximum atomic E-state index is 13.8. The Kier molecular flexibility index (Phi) is 10.7. The van der Waals surface area contributed by atoms with Gasteiger partial charge in [-0.05, 0) is 26.8 Å². The highest BCUT2D eigenvalue weighted by Gasteiger charge is 2.90. The van der Waals surface area contributed by atoms with Gasteiger partial charge < -0.3 is 17.4 Å². The normalized spacial score (nSPS) is 15.3. The second-order valence-corrected chi connectivity index (χ2v) is 9.52. The second kappa shape index (κ2) is 11.0. The van der Waals surface area contributed by atoms with E-state index >= 15 is 0 Å². The molecule has 0 aliphatic heterocycles. The van der Waals surface area contributed by atoms with Crippen LogP contribution in [-0.2, 0) is 17.4 Å². The molecule has 0 bridgehead atoms. The summed E-state index contributed by atoms with van der Waals surface area (Å²) in [5.74, 6) is -36.9. The van der Waals surface area contributed by atoms with E-state index in [1.807, 2.05) is 0 Å². The van der Waals surface area contributed by atoms with Gasteiger partial charge in [-0.15, -0.1) is 0 Å². The van der Waals surface area contributed by atoms with Gasteiger partial charge in [-0.2, -0.15) is 57.1 Å². The Hall–Kier alpha value is -0.636. The highest BCUT2D eigenvalue weighted by atomic mass is 28.4. The molecule has 2 radical (unpaired) electrons. The van der Waals surface area contributed by atoms with Crippen molar-refractivity contribution in [1.29, 1.82) is 0 Å². The number of rotatable bonds is 15. The van der Waals surface area contributed by atoms with Gasteiger partial charge in [-0.25, -0.2) is 0 Å². The second-order valence-electron chi connectivity index (χ2n) is 6.05. The van der Waals surface area contributed by atoms with Gasteiger partial charge in [0, 0.05) is 26.2 Å². The van der Waals surface area contributed by atoms with E-state index in [2.05, 4.69) is 0 Å². The maximum absolute atomic E-state index is 13.8. The molecule has 0 rings (SSSR count). The fourth-order valence-electron chi connectivity index (χ4n) is 2.05. The monoisotopic (exact) mass is 554 g/mol. The van der Waals surface area contributed by atoms with E-state index in [0.29, 0.717) is 0 Å². The molecule has 0 spiro atoms. The molecule has 0 saturated heterocycles. The largest absolute Gasteiger partial charge is 0.668 e. The van der Waals surface area contributed by atoms with Crippen molar-refractivity contribution in [2.24, 2.45) is 0 Å². The lowest BCUT2D eigenvalue weighted by molar-refractivity contribution is -0.439. The van der Waals surface area contributed by atoms with Gasteiger partial charge in [0.25, 0.3) is 0 Å². The SMILES string of the molecule is CCO[Si](OCC)(OCC)O[Si]CCC(F)(F)C(F)(F)C(F)(F)C(F)(F)C(F)(F)C(F)(F)F. The van der Waals surface area contributed by atoms with Crippen LogP contribution in [-0.4, -0.2) is 74.4 Å². The molecule has 0 heterocycles. The molecular formula is C14H19F13O4Si2. The predicted molar refractivity (Wildman–Crippen MR) is 87.7 cm³/mol. The van der Waals surface area contributed by atoms with Crippen molar-refractivity contribution < 1.29 is 74.5 Å². The lowest BCUT2D eigenvalue weighted by Crippen LogP contribution is -2.70. The lowest BCUT2D eigenvalue weighted by atomic mass is 9.93. The average molecular weight is 554 g/mol. The minimum atomic E-state index is -7.91. The van der Waals surface area contributed by atoms with Crippen LogP contribution >= 0.6 is 0 Å². The average Bonchev–Trinajstić information content (AvgIpc) is 2.64. The highest BCUT2D eigenvalue weighted by Crippen LogP contribution is 2.60. The Morgan fingerprint density at radius 2 is 0.939 bits per heavy atom. The molecule has 33 heavy (non-hydrogen) atoms. The van der Waals surface area contributed by atoms with Crippen LogP contribution in [0, 0.1) is 0 Å². The van der Waals surface area contributed by atoms with Crippen molar-refractivity contribution in [2.75, 3.05) is 19.8 Å². The summed E-state index contributed by atoms with van der Waals surface area (Å²) in [7, 11) is -5.23. The van der Waals surface area contributed by atoms with Crippen molar-refractivity contribution >= 4 is 18.8 Å². The summed E-state index contributed by atoms with van der Waals surface area (Å²) in [6.07, 6.45) is -9.79. The van der Waals surface area contributed by atoms with Crippen LogP contribution in [0.5, 0.6) is 0 Å². The van der Waals surface area contributed by atoms with E-state index < -0.39 is 67.1 Å². The molecule has 0 aliphatic carbocycles. The van der Waals surface area contributed by atoms with Crippen molar-refractivity contribution in [1.82, 2.24) is 0 Å². The van der Waals surface area contributed by atoms with Crippen LogP contribution in [0.3, 0.4) is 0 Å². The first-order valence-electron chi connectivity index (χ1n) is 8.92. The van der Waals surface area contributed by atoms with Crippen molar-refractivity contribution in [3.63, 3.8) is 0 Å². The number of halogens is 13. The van der Waals surface area contributed by atoms with Gasteiger partial charge in [-0.1, -0.05) is 0 Å². The Balaban J connectivity index is 5.63. The molecule has 0 N–H and O–H groups in total. The first-order valence-corrected chi connectivity index (χ1v) is 11.7. The summed E-state index contributed by atoms with van der Waals surface area (Å²) in [4.78, 5) is 0. The van der Waals surface area contributed by atoms with E-state index in [-0.39, 0.29) is 19.8 Å². The van der Waals surface area contributed by atoms with Crippen LogP contribution in [0.25, 0.3) is 0 Å². The topological polar surface area (TPSA) is 36.9 Å². The number of alkyl halides is 13. The van der Waals surface area contributed by atoms with E-state index in [9.17, 15) is 57.1 Å². The molecule has 0 aromatic rings. The predicted octanol–water partition coefficient (Wildman–Crippen LogP) is 5.71. The zero-order chi connectivity index (χ0) is 26.6. The molecule has 0 amide bonds. The van der Waals surface area contributed by atoms with Gasteiger partial charge in [-0.3, -0.25) is 0 Å². The summed E-state index contributed by atoms with van der Waals surface area (Å²) in [6, 6.07) is -1.25. The smallest absolute Gasteiger partial charge is 0.393 e. The Morgan fingerprint density at radius 1 is 0.576 bits per heavy atom. The zero-order valence-electron chi connectivity index (χ0n) is 17.1. The fourth-order valence-corrected chi connectivity index (χ4v) is 5.60. The molecule has 0 fully saturated rings. The van der Waals surface area contributed by atoms with Crippen LogP contribution in [0.4, 0.5) is 57.1 Å². The summed E-state index contributed by atoms with van der Waals surface area (Å²) < 4.78 is 190. The zero-order valence-corrected chi connectivity index (χ0v) is 19.1. The molecule has 0 aromatic carbocycles. The van der Waals surface area contributed by atoms with Gasteiger partial charge in [0.2, 0.25) is 9.76 Å². The molecule has 19 heteroatoms. The van der Waals surface area contributed by atoms with Crippen LogP contribution in [0.2, 0.25) is 6.04 Å². The van der Waals surface area contributed by atoms with Crippen molar-refractivity contribution in [2.45, 2.75) is 69.0 Å². The summed E-state index contributed by atoms with van der Waals surface area (Å²) in [6.45, 7) is 4.08. The highest BCUT2D eigenvalue weighted by molar-refractivity contribution is 6.60. The minimum Gasteiger partial charge on any atom is -0.393 e. The fraction of sp³-hybridized carbons (Fsp3) is 1.00. The van der Waals surface area contributed by atoms with Crippen LogP contribution in [0.1, 0.15) is 27.2 Å². The van der Waals surface area contributed by atoms with Gasteiger partial charge in [0.15, 0.2) is 0 Å². The third kappa shape index (κ3) is 6.33. The summed E-state index contributed by atoms with van der Waals surface area (Å²) in [5, 5.41) is 0. The molecule has 0 saturated carbocycles. The molecule has 0 aliphatic rings. The van der Waals surface area contributed by atoms with Gasteiger partial charge in [0.1, 0.15) is 0 Å². The van der Waals surface area contributed by atoms with E-state index in [0.717, 1.165) is 0 Å². The molecule has 0 atom stereocenters. The maximum Gasteiger partial charge on any atom is 0.668 e. The minimum absolute atomic E-state index is 0.0837. The molecule has 0 unspecified atom stereocenters. The Labute approximate surface area is 183 Å². The van der Waals surface area contributed by atoms with Crippen LogP contribution < -0.4 is 0 Å². The Bertz CT molecular complexity index is 599. The standard InChI is InChI=1S/C14H19F13O4Si2/c1-4-28-33(29-5-2,30-6-3)31-32-8-7-9(15,16)10(17,18)11(19,20)12(21,22)13(23,24)14(25,26)27/h4-8H2,1-3H3. The number of hydrogen-bond donors (Lipinski definition) is 0. The van der Waals surface area contributed by atoms with E-state index in [1.54, 1.807) is 0 Å². The van der Waals surface area contributed by atoms with E-state index in [1.165, 1.54) is 20.8 Å².